The van der Waals surface area contributed by atoms with Crippen LogP contribution in [0, 0.1) is 5.82 Å². The Morgan fingerprint density at radius 2 is 1.76 bits per heavy atom. The van der Waals surface area contributed by atoms with Crippen LogP contribution in [-0.4, -0.2) is 20.1 Å². The molecule has 110 valence electrons. The van der Waals surface area contributed by atoms with Crippen molar-refractivity contribution in [2.45, 2.75) is 0 Å². The molecule has 21 heavy (non-hydrogen) atoms. The maximum Gasteiger partial charge on any atom is 0.263 e. The van der Waals surface area contributed by atoms with Gasteiger partial charge in [0.05, 0.1) is 19.2 Å². The van der Waals surface area contributed by atoms with Gasteiger partial charge in [0.2, 0.25) is 0 Å². The Kier molecular flexibility index (Phi) is 4.65. The first-order chi connectivity index (χ1) is 10.1. The number of hydrogen-bond acceptors (Lipinski definition) is 3. The fourth-order valence-electron chi connectivity index (χ4n) is 1.84. The van der Waals surface area contributed by atoms with Gasteiger partial charge >= 0.3 is 0 Å². The summed E-state index contributed by atoms with van der Waals surface area (Å²) in [5.41, 5.74) is 0.627. The predicted octanol–water partition coefficient (Wildman–Crippen LogP) is 3.75. The van der Waals surface area contributed by atoms with Crippen LogP contribution >= 0.6 is 11.6 Å². The zero-order chi connectivity index (χ0) is 15.4. The Morgan fingerprint density at radius 3 is 2.29 bits per heavy atom. The lowest BCUT2D eigenvalue weighted by molar-refractivity contribution is 0.102. The lowest BCUT2D eigenvalue weighted by Crippen LogP contribution is -2.14. The Balaban J connectivity index is 2.34. The molecule has 1 N–H and O–H groups in total. The standard InChI is InChI=1S/C15H13ClFNO3/c1-20-12-4-3-5-13(21-2)14(12)15(19)18-9-6-7-11(17)10(16)8-9/h3-8H,1-2H3,(H,18,19). The van der Waals surface area contributed by atoms with E-state index in [1.807, 2.05) is 0 Å². The summed E-state index contributed by atoms with van der Waals surface area (Å²) in [7, 11) is 2.92. The minimum Gasteiger partial charge on any atom is -0.496 e. The number of nitrogens with one attached hydrogen (secondary N) is 1. The molecule has 0 radical (unpaired) electrons. The Bertz CT molecular complexity index is 654. The molecular formula is C15H13ClFNO3. The molecule has 0 heterocycles. The molecule has 0 aromatic heterocycles. The summed E-state index contributed by atoms with van der Waals surface area (Å²) in [4.78, 5) is 12.4. The quantitative estimate of drug-likeness (QED) is 0.935. The van der Waals surface area contributed by atoms with Crippen LogP contribution in [0.3, 0.4) is 0 Å². The van der Waals surface area contributed by atoms with E-state index in [1.165, 1.54) is 32.4 Å². The first kappa shape index (κ1) is 15.1. The number of carbonyl (C=O) groups excluding carboxylic acids is 1. The first-order valence-electron chi connectivity index (χ1n) is 6.04. The van der Waals surface area contributed by atoms with Crippen LogP contribution in [0.5, 0.6) is 11.5 Å². The van der Waals surface area contributed by atoms with Crippen LogP contribution < -0.4 is 14.8 Å². The maximum atomic E-state index is 13.1. The molecule has 0 atom stereocenters. The summed E-state index contributed by atoms with van der Waals surface area (Å²) in [5.74, 6) is -0.239. The number of amides is 1. The number of benzene rings is 2. The van der Waals surface area contributed by atoms with Crippen LogP contribution in [0.25, 0.3) is 0 Å². The second kappa shape index (κ2) is 6.45. The summed E-state index contributed by atoms with van der Waals surface area (Å²) in [6.07, 6.45) is 0. The molecule has 1 amide bonds. The summed E-state index contributed by atoms with van der Waals surface area (Å²) in [5, 5.41) is 2.56. The Labute approximate surface area is 126 Å². The smallest absolute Gasteiger partial charge is 0.263 e. The second-order valence-corrected chi connectivity index (χ2v) is 4.53. The zero-order valence-electron chi connectivity index (χ0n) is 11.4. The third-order valence-electron chi connectivity index (χ3n) is 2.83. The zero-order valence-corrected chi connectivity index (χ0v) is 12.2. The molecule has 0 aliphatic rings. The van der Waals surface area contributed by atoms with Crippen LogP contribution in [0.2, 0.25) is 5.02 Å². The SMILES string of the molecule is COc1cccc(OC)c1C(=O)Nc1ccc(F)c(Cl)c1. The third-order valence-corrected chi connectivity index (χ3v) is 3.12. The minimum absolute atomic E-state index is 0.0696. The van der Waals surface area contributed by atoms with E-state index in [2.05, 4.69) is 5.32 Å². The topological polar surface area (TPSA) is 47.6 Å². The van der Waals surface area contributed by atoms with Crippen molar-refractivity contribution in [3.63, 3.8) is 0 Å². The highest BCUT2D eigenvalue weighted by Gasteiger charge is 2.18. The van der Waals surface area contributed by atoms with Crippen LogP contribution in [0.4, 0.5) is 10.1 Å². The van der Waals surface area contributed by atoms with Crippen molar-refractivity contribution in [2.75, 3.05) is 19.5 Å². The summed E-state index contributed by atoms with van der Waals surface area (Å²) in [6, 6.07) is 8.93. The molecule has 2 aromatic rings. The van der Waals surface area contributed by atoms with Crippen molar-refractivity contribution in [1.82, 2.24) is 0 Å². The van der Waals surface area contributed by atoms with Crippen LogP contribution in [0.15, 0.2) is 36.4 Å². The van der Waals surface area contributed by atoms with Gasteiger partial charge in [0.1, 0.15) is 22.9 Å². The normalized spacial score (nSPS) is 10.1. The van der Waals surface area contributed by atoms with Gasteiger partial charge in [0.15, 0.2) is 0 Å². The van der Waals surface area contributed by atoms with Crippen molar-refractivity contribution >= 4 is 23.2 Å². The van der Waals surface area contributed by atoms with Gasteiger partial charge in [-0.25, -0.2) is 4.39 Å². The fraction of sp³-hybridized carbons (Fsp3) is 0.133. The van der Waals surface area contributed by atoms with E-state index in [4.69, 9.17) is 21.1 Å². The number of halogens is 2. The highest BCUT2D eigenvalue weighted by Crippen LogP contribution is 2.29. The largest absolute Gasteiger partial charge is 0.496 e. The van der Waals surface area contributed by atoms with E-state index in [-0.39, 0.29) is 10.6 Å². The molecule has 0 spiro atoms. The van der Waals surface area contributed by atoms with Gasteiger partial charge in [-0.3, -0.25) is 4.79 Å². The summed E-state index contributed by atoms with van der Waals surface area (Å²) in [6.45, 7) is 0. The van der Waals surface area contributed by atoms with E-state index in [1.54, 1.807) is 18.2 Å². The van der Waals surface area contributed by atoms with Crippen LogP contribution in [-0.2, 0) is 0 Å². The average molecular weight is 310 g/mol. The van der Waals surface area contributed by atoms with E-state index < -0.39 is 11.7 Å². The molecule has 0 fully saturated rings. The lowest BCUT2D eigenvalue weighted by Gasteiger charge is -2.13. The molecule has 0 aliphatic carbocycles. The van der Waals surface area contributed by atoms with Crippen molar-refractivity contribution in [3.05, 3.63) is 52.8 Å². The van der Waals surface area contributed by atoms with Gasteiger partial charge in [0.25, 0.3) is 5.91 Å². The molecule has 2 aromatic carbocycles. The number of carbonyl (C=O) groups is 1. The fourth-order valence-corrected chi connectivity index (χ4v) is 2.02. The molecule has 2 rings (SSSR count). The number of rotatable bonds is 4. The molecule has 4 nitrogen and oxygen atoms in total. The van der Waals surface area contributed by atoms with Gasteiger partial charge in [-0.15, -0.1) is 0 Å². The first-order valence-corrected chi connectivity index (χ1v) is 6.42. The van der Waals surface area contributed by atoms with Crippen molar-refractivity contribution in [1.29, 1.82) is 0 Å². The minimum atomic E-state index is -0.551. The molecule has 0 saturated heterocycles. The number of anilines is 1. The van der Waals surface area contributed by atoms with E-state index >= 15 is 0 Å². The van der Waals surface area contributed by atoms with E-state index in [9.17, 15) is 9.18 Å². The van der Waals surface area contributed by atoms with Gasteiger partial charge in [-0.05, 0) is 30.3 Å². The van der Waals surface area contributed by atoms with Crippen molar-refractivity contribution in [2.24, 2.45) is 0 Å². The molecule has 6 heteroatoms. The molecule has 0 bridgehead atoms. The number of methoxy groups -OCH3 is 2. The Hall–Kier alpha value is -2.27. The summed E-state index contributed by atoms with van der Waals surface area (Å²) < 4.78 is 23.4. The highest BCUT2D eigenvalue weighted by atomic mass is 35.5. The van der Waals surface area contributed by atoms with Gasteiger partial charge in [0, 0.05) is 5.69 Å². The predicted molar refractivity (Wildman–Crippen MR) is 78.9 cm³/mol. The molecule has 0 saturated carbocycles. The number of hydrogen-bond donors (Lipinski definition) is 1. The average Bonchev–Trinajstić information content (AvgIpc) is 2.49. The molecule has 0 aliphatic heterocycles. The van der Waals surface area contributed by atoms with E-state index in [0.29, 0.717) is 17.2 Å². The van der Waals surface area contributed by atoms with Crippen molar-refractivity contribution < 1.29 is 18.7 Å². The highest BCUT2D eigenvalue weighted by molar-refractivity contribution is 6.31. The lowest BCUT2D eigenvalue weighted by atomic mass is 10.1. The monoisotopic (exact) mass is 309 g/mol. The van der Waals surface area contributed by atoms with Gasteiger partial charge in [-0.2, -0.15) is 0 Å². The van der Waals surface area contributed by atoms with Gasteiger partial charge in [-0.1, -0.05) is 17.7 Å². The van der Waals surface area contributed by atoms with Crippen molar-refractivity contribution in [3.8, 4) is 11.5 Å². The second-order valence-electron chi connectivity index (χ2n) is 4.12. The Morgan fingerprint density at radius 1 is 1.14 bits per heavy atom. The maximum absolute atomic E-state index is 13.1. The molecule has 0 unspecified atom stereocenters. The number of ether oxygens (including phenoxy) is 2. The van der Waals surface area contributed by atoms with Gasteiger partial charge < -0.3 is 14.8 Å². The van der Waals surface area contributed by atoms with E-state index in [0.717, 1.165) is 0 Å². The molecular weight excluding hydrogens is 297 g/mol. The van der Waals surface area contributed by atoms with Crippen LogP contribution in [0.1, 0.15) is 10.4 Å². The third kappa shape index (κ3) is 3.25. The summed E-state index contributed by atoms with van der Waals surface area (Å²) >= 11 is 5.68.